The highest BCUT2D eigenvalue weighted by atomic mass is 16.2. The van der Waals surface area contributed by atoms with E-state index in [1.54, 1.807) is 24.4 Å². The van der Waals surface area contributed by atoms with Crippen LogP contribution in [0.4, 0.5) is 5.69 Å². The minimum atomic E-state index is -0.843. The highest BCUT2D eigenvalue weighted by Gasteiger charge is 2.45. The van der Waals surface area contributed by atoms with E-state index in [2.05, 4.69) is 43.1 Å². The lowest BCUT2D eigenvalue weighted by Gasteiger charge is -2.33. The third-order valence-electron chi connectivity index (χ3n) is 7.59. The second-order valence-electron chi connectivity index (χ2n) is 11.9. The fraction of sp³-hybridized carbons (Fsp3) is 0.483. The molecule has 0 aliphatic carbocycles. The smallest absolute Gasteiger partial charge is 0.264 e. The third-order valence-corrected chi connectivity index (χ3v) is 7.59. The number of amides is 4. The second kappa shape index (κ2) is 10.3. The maximum absolute atomic E-state index is 13.3. The lowest BCUT2D eigenvalue weighted by Crippen LogP contribution is -2.51. The largest absolute Gasteiger partial charge is 0.380 e. The van der Waals surface area contributed by atoms with Crippen LogP contribution in [-0.2, 0) is 16.1 Å². The Morgan fingerprint density at radius 2 is 1.87 bits per heavy atom. The molecule has 206 valence electrons. The van der Waals surface area contributed by atoms with E-state index < -0.39 is 17.9 Å². The molecular weight excluding hydrogens is 496 g/mol. The van der Waals surface area contributed by atoms with Crippen molar-refractivity contribution in [2.24, 2.45) is 5.41 Å². The van der Waals surface area contributed by atoms with Crippen LogP contribution in [-0.4, -0.2) is 62.3 Å². The number of allylic oxidation sites excluding steroid dienone is 1. The summed E-state index contributed by atoms with van der Waals surface area (Å²) in [5, 5.41) is 10.5. The monoisotopic (exact) mass is 532 g/mol. The predicted octanol–water partition coefficient (Wildman–Crippen LogP) is 3.48. The van der Waals surface area contributed by atoms with Gasteiger partial charge in [-0.25, -0.2) is 0 Å². The summed E-state index contributed by atoms with van der Waals surface area (Å²) < 4.78 is 1.96. The number of hydrogen-bond donors (Lipinski definition) is 2. The minimum absolute atomic E-state index is 0.0209. The van der Waals surface area contributed by atoms with Crippen LogP contribution in [0, 0.1) is 5.41 Å². The van der Waals surface area contributed by atoms with Crippen molar-refractivity contribution in [3.05, 3.63) is 59.6 Å². The zero-order valence-corrected chi connectivity index (χ0v) is 22.8. The molecule has 2 saturated heterocycles. The number of likely N-dealkylation sites (tertiary alicyclic amines) is 1. The van der Waals surface area contributed by atoms with Gasteiger partial charge in [0.05, 0.1) is 23.4 Å². The Balaban J connectivity index is 1.21. The summed E-state index contributed by atoms with van der Waals surface area (Å²) in [5.74, 6) is -1.09. The average Bonchev–Trinajstić information content (AvgIpc) is 3.45. The summed E-state index contributed by atoms with van der Waals surface area (Å²) in [4.78, 5) is 54.6. The van der Waals surface area contributed by atoms with Gasteiger partial charge in [-0.2, -0.15) is 5.10 Å². The second-order valence-corrected chi connectivity index (χ2v) is 11.9. The molecule has 0 radical (unpaired) electrons. The van der Waals surface area contributed by atoms with Gasteiger partial charge < -0.3 is 15.5 Å². The number of benzene rings is 1. The standard InChI is InChI=1S/C29H36N6O4/c1-18-8-9-23(26(37)32-18)35-27(38)21-6-5-7-22(25(21)28(35)39)30-15-19-16-31-34(17-19)20-10-12-33(13-11-20)24(36)14-29(2,3)4/h5-7,16-17,20,23,30H,1,8-15H2,2-4H3,(H,32,37). The molecular formula is C29H36N6O4. The minimum Gasteiger partial charge on any atom is -0.380 e. The quantitative estimate of drug-likeness (QED) is 0.550. The molecule has 2 N–H and O–H groups in total. The number of fused-ring (bicyclic) bond motifs is 1. The summed E-state index contributed by atoms with van der Waals surface area (Å²) in [6.07, 6.45) is 6.93. The van der Waals surface area contributed by atoms with Gasteiger partial charge in [0, 0.05) is 49.2 Å². The van der Waals surface area contributed by atoms with E-state index in [-0.39, 0.29) is 23.3 Å². The Hall–Kier alpha value is -3.95. The molecule has 1 aromatic carbocycles. The molecule has 10 nitrogen and oxygen atoms in total. The Bertz CT molecular complexity index is 1330. The average molecular weight is 533 g/mol. The number of carbonyl (C=O) groups is 4. The van der Waals surface area contributed by atoms with Crippen LogP contribution in [0.1, 0.15) is 85.2 Å². The van der Waals surface area contributed by atoms with Crippen molar-refractivity contribution in [1.29, 1.82) is 0 Å². The van der Waals surface area contributed by atoms with Crippen molar-refractivity contribution >= 4 is 29.3 Å². The molecule has 1 aromatic heterocycles. The van der Waals surface area contributed by atoms with Crippen LogP contribution in [0.3, 0.4) is 0 Å². The first kappa shape index (κ1) is 26.6. The van der Waals surface area contributed by atoms with Gasteiger partial charge in [0.1, 0.15) is 6.04 Å². The summed E-state index contributed by atoms with van der Waals surface area (Å²) in [6.45, 7) is 11.9. The van der Waals surface area contributed by atoms with Crippen molar-refractivity contribution in [3.8, 4) is 0 Å². The zero-order chi connectivity index (χ0) is 27.9. The number of nitrogens with one attached hydrogen (secondary N) is 2. The van der Waals surface area contributed by atoms with Crippen LogP contribution >= 0.6 is 0 Å². The van der Waals surface area contributed by atoms with Gasteiger partial charge in [-0.15, -0.1) is 0 Å². The van der Waals surface area contributed by atoms with Gasteiger partial charge in [0.25, 0.3) is 11.8 Å². The number of piperidine rings is 2. The fourth-order valence-electron chi connectivity index (χ4n) is 5.55. The van der Waals surface area contributed by atoms with Gasteiger partial charge in [-0.3, -0.25) is 28.8 Å². The summed E-state index contributed by atoms with van der Waals surface area (Å²) in [7, 11) is 0. The molecule has 2 fully saturated rings. The number of nitrogens with zero attached hydrogens (tertiary/aromatic N) is 4. The summed E-state index contributed by atoms with van der Waals surface area (Å²) in [5.41, 5.74) is 2.65. The van der Waals surface area contributed by atoms with Crippen LogP contribution in [0.15, 0.2) is 42.9 Å². The number of carbonyl (C=O) groups excluding carboxylic acids is 4. The predicted molar refractivity (Wildman–Crippen MR) is 146 cm³/mol. The molecule has 3 aliphatic rings. The Morgan fingerprint density at radius 1 is 1.13 bits per heavy atom. The number of imide groups is 1. The van der Waals surface area contributed by atoms with E-state index in [1.165, 1.54) is 0 Å². The van der Waals surface area contributed by atoms with Crippen LogP contribution in [0.25, 0.3) is 0 Å². The fourth-order valence-corrected chi connectivity index (χ4v) is 5.55. The van der Waals surface area contributed by atoms with Crippen molar-refractivity contribution < 1.29 is 19.2 Å². The first-order valence-corrected chi connectivity index (χ1v) is 13.6. The SMILES string of the molecule is C=C1CCC(N2C(=O)c3cccc(NCc4cnn(C5CCN(C(=O)CC(C)(C)C)CC5)c4)c3C2=O)C(=O)N1. The first-order chi connectivity index (χ1) is 18.5. The van der Waals surface area contributed by atoms with E-state index in [4.69, 9.17) is 0 Å². The molecule has 4 amide bonds. The molecule has 1 unspecified atom stereocenters. The maximum atomic E-state index is 13.3. The van der Waals surface area contributed by atoms with Gasteiger partial charge >= 0.3 is 0 Å². The highest BCUT2D eigenvalue weighted by Crippen LogP contribution is 2.33. The van der Waals surface area contributed by atoms with Gasteiger partial charge in [0.2, 0.25) is 11.8 Å². The number of anilines is 1. The molecule has 5 rings (SSSR count). The highest BCUT2D eigenvalue weighted by molar-refractivity contribution is 6.25. The lowest BCUT2D eigenvalue weighted by molar-refractivity contribution is -0.134. The zero-order valence-electron chi connectivity index (χ0n) is 22.8. The molecule has 0 saturated carbocycles. The van der Waals surface area contributed by atoms with Crippen LogP contribution in [0.5, 0.6) is 0 Å². The third kappa shape index (κ3) is 5.46. The molecule has 39 heavy (non-hydrogen) atoms. The molecule has 4 heterocycles. The van der Waals surface area contributed by atoms with Crippen molar-refractivity contribution in [2.45, 2.75) is 71.5 Å². The maximum Gasteiger partial charge on any atom is 0.264 e. The van der Waals surface area contributed by atoms with Crippen molar-refractivity contribution in [3.63, 3.8) is 0 Å². The van der Waals surface area contributed by atoms with Gasteiger partial charge in [-0.05, 0) is 43.2 Å². The molecule has 1 atom stereocenters. The van der Waals surface area contributed by atoms with E-state index in [1.807, 2.05) is 15.8 Å². The summed E-state index contributed by atoms with van der Waals surface area (Å²) in [6, 6.07) is 4.51. The van der Waals surface area contributed by atoms with E-state index in [0.717, 1.165) is 36.4 Å². The molecule has 0 spiro atoms. The molecule has 3 aliphatic heterocycles. The lowest BCUT2D eigenvalue weighted by atomic mass is 9.91. The first-order valence-electron chi connectivity index (χ1n) is 13.6. The topological polar surface area (TPSA) is 117 Å². The van der Waals surface area contributed by atoms with Crippen molar-refractivity contribution in [1.82, 2.24) is 24.9 Å². The van der Waals surface area contributed by atoms with E-state index in [0.29, 0.717) is 48.3 Å². The van der Waals surface area contributed by atoms with E-state index in [9.17, 15) is 19.2 Å². The van der Waals surface area contributed by atoms with Crippen LogP contribution in [0.2, 0.25) is 0 Å². The number of hydrogen-bond acceptors (Lipinski definition) is 6. The Kier molecular flexibility index (Phi) is 7.05. The normalized spacial score (nSPS) is 20.3. The van der Waals surface area contributed by atoms with Gasteiger partial charge in [-0.1, -0.05) is 33.4 Å². The Labute approximate surface area is 228 Å². The molecule has 0 bridgehead atoms. The number of aromatic nitrogens is 2. The summed E-state index contributed by atoms with van der Waals surface area (Å²) >= 11 is 0. The number of rotatable bonds is 6. The van der Waals surface area contributed by atoms with Gasteiger partial charge in [0.15, 0.2) is 0 Å². The molecule has 10 heteroatoms. The van der Waals surface area contributed by atoms with Crippen LogP contribution < -0.4 is 10.6 Å². The van der Waals surface area contributed by atoms with E-state index >= 15 is 0 Å². The molecule has 2 aromatic rings. The van der Waals surface area contributed by atoms with Crippen molar-refractivity contribution in [2.75, 3.05) is 18.4 Å². The Morgan fingerprint density at radius 3 is 2.56 bits per heavy atom.